The normalized spacial score (nSPS) is 18.4. The van der Waals surface area contributed by atoms with E-state index >= 15 is 0 Å². The SMILES string of the molecule is Cc1ccc(O)c(N=C2NC(=O)/C(=C\c3ccc[nH]3)S2)c1. The van der Waals surface area contributed by atoms with Crippen molar-refractivity contribution in [1.29, 1.82) is 0 Å². The summed E-state index contributed by atoms with van der Waals surface area (Å²) in [4.78, 5) is 19.8. The van der Waals surface area contributed by atoms with Gasteiger partial charge in [0.15, 0.2) is 5.17 Å². The first-order valence-corrected chi connectivity index (χ1v) is 7.16. The Morgan fingerprint density at radius 3 is 2.95 bits per heavy atom. The van der Waals surface area contributed by atoms with Crippen LogP contribution in [0.4, 0.5) is 5.69 Å². The van der Waals surface area contributed by atoms with Crippen molar-refractivity contribution in [2.45, 2.75) is 6.92 Å². The lowest BCUT2D eigenvalue weighted by Crippen LogP contribution is -2.19. The van der Waals surface area contributed by atoms with Gasteiger partial charge in [0.1, 0.15) is 11.4 Å². The molecule has 3 N–H and O–H groups in total. The van der Waals surface area contributed by atoms with Crippen molar-refractivity contribution in [3.63, 3.8) is 0 Å². The van der Waals surface area contributed by atoms with Gasteiger partial charge in [0.2, 0.25) is 0 Å². The molecule has 1 fully saturated rings. The zero-order chi connectivity index (χ0) is 14.8. The number of hydrogen-bond acceptors (Lipinski definition) is 4. The molecule has 1 aromatic carbocycles. The number of nitrogens with one attached hydrogen (secondary N) is 2. The molecule has 1 aliphatic heterocycles. The molecule has 1 amide bonds. The van der Waals surface area contributed by atoms with Gasteiger partial charge in [-0.05, 0) is 54.6 Å². The number of amidine groups is 1. The van der Waals surface area contributed by atoms with Crippen molar-refractivity contribution in [2.75, 3.05) is 0 Å². The molecule has 0 spiro atoms. The minimum atomic E-state index is -0.194. The lowest BCUT2D eigenvalue weighted by atomic mass is 10.2. The van der Waals surface area contributed by atoms with E-state index < -0.39 is 0 Å². The number of benzene rings is 1. The van der Waals surface area contributed by atoms with Crippen LogP contribution in [0.5, 0.6) is 5.75 Å². The lowest BCUT2D eigenvalue weighted by Gasteiger charge is -2.01. The first-order valence-electron chi connectivity index (χ1n) is 6.34. The summed E-state index contributed by atoms with van der Waals surface area (Å²) in [5, 5.41) is 12.9. The number of nitrogens with zero attached hydrogens (tertiary/aromatic N) is 1. The molecule has 2 heterocycles. The van der Waals surface area contributed by atoms with Gasteiger partial charge in [-0.15, -0.1) is 0 Å². The van der Waals surface area contributed by atoms with E-state index in [1.807, 2.05) is 19.1 Å². The smallest absolute Gasteiger partial charge is 0.264 e. The van der Waals surface area contributed by atoms with Gasteiger partial charge >= 0.3 is 0 Å². The minimum absolute atomic E-state index is 0.0877. The number of hydrogen-bond donors (Lipinski definition) is 3. The van der Waals surface area contributed by atoms with Crippen LogP contribution < -0.4 is 5.32 Å². The zero-order valence-electron chi connectivity index (χ0n) is 11.3. The van der Waals surface area contributed by atoms with Gasteiger partial charge in [-0.2, -0.15) is 0 Å². The first-order chi connectivity index (χ1) is 10.1. The second-order valence-corrected chi connectivity index (χ2v) is 5.63. The maximum atomic E-state index is 11.9. The molecule has 0 aliphatic carbocycles. The third-order valence-corrected chi connectivity index (χ3v) is 3.82. The number of aromatic hydroxyl groups is 1. The number of rotatable bonds is 2. The number of aromatic amines is 1. The van der Waals surface area contributed by atoms with Crippen molar-refractivity contribution in [1.82, 2.24) is 10.3 Å². The number of aryl methyl sites for hydroxylation is 1. The monoisotopic (exact) mass is 299 g/mol. The molecule has 0 unspecified atom stereocenters. The number of thioether (sulfide) groups is 1. The van der Waals surface area contributed by atoms with Crippen LogP contribution >= 0.6 is 11.8 Å². The van der Waals surface area contributed by atoms with Crippen LogP contribution in [0.3, 0.4) is 0 Å². The lowest BCUT2D eigenvalue weighted by molar-refractivity contribution is -0.115. The summed E-state index contributed by atoms with van der Waals surface area (Å²) in [6.45, 7) is 1.92. The molecule has 3 rings (SSSR count). The summed E-state index contributed by atoms with van der Waals surface area (Å²) in [6.07, 6.45) is 3.56. The van der Waals surface area contributed by atoms with E-state index in [0.717, 1.165) is 11.3 Å². The van der Waals surface area contributed by atoms with Gasteiger partial charge < -0.3 is 15.4 Å². The average Bonchev–Trinajstić information content (AvgIpc) is 3.06. The molecule has 1 saturated heterocycles. The standard InChI is InChI=1S/C15H13N3O2S/c1-9-4-5-12(19)11(7-9)17-15-18-14(20)13(21-15)8-10-3-2-6-16-10/h2-8,16,19H,1H3,(H,17,18,20)/b13-8+. The second kappa shape index (κ2) is 5.49. The van der Waals surface area contributed by atoms with Gasteiger partial charge in [0, 0.05) is 11.9 Å². The number of aromatic nitrogens is 1. The summed E-state index contributed by atoms with van der Waals surface area (Å²) >= 11 is 1.25. The third-order valence-electron chi connectivity index (χ3n) is 2.91. The topological polar surface area (TPSA) is 77.5 Å². The van der Waals surface area contributed by atoms with Crippen LogP contribution in [0.25, 0.3) is 6.08 Å². The van der Waals surface area contributed by atoms with E-state index in [0.29, 0.717) is 15.8 Å². The van der Waals surface area contributed by atoms with Crippen LogP contribution in [0.2, 0.25) is 0 Å². The quantitative estimate of drug-likeness (QED) is 0.746. The molecule has 21 heavy (non-hydrogen) atoms. The van der Waals surface area contributed by atoms with E-state index in [1.165, 1.54) is 11.8 Å². The molecule has 5 nitrogen and oxygen atoms in total. The Kier molecular flexibility index (Phi) is 3.53. The number of carbonyl (C=O) groups is 1. The average molecular weight is 299 g/mol. The fourth-order valence-electron chi connectivity index (χ4n) is 1.89. The Morgan fingerprint density at radius 1 is 1.33 bits per heavy atom. The van der Waals surface area contributed by atoms with Crippen molar-refractivity contribution >= 4 is 34.6 Å². The van der Waals surface area contributed by atoms with Crippen LogP contribution in [0.15, 0.2) is 46.4 Å². The first kappa shape index (κ1) is 13.5. The van der Waals surface area contributed by atoms with Crippen LogP contribution in [0.1, 0.15) is 11.3 Å². The molecule has 0 atom stereocenters. The summed E-state index contributed by atoms with van der Waals surface area (Å²) in [5.74, 6) is -0.106. The summed E-state index contributed by atoms with van der Waals surface area (Å²) < 4.78 is 0. The van der Waals surface area contributed by atoms with Crippen molar-refractivity contribution in [3.8, 4) is 5.75 Å². The van der Waals surface area contributed by atoms with Crippen LogP contribution in [-0.2, 0) is 4.79 Å². The fraction of sp³-hybridized carbons (Fsp3) is 0.0667. The van der Waals surface area contributed by atoms with Gasteiger partial charge in [-0.1, -0.05) is 6.07 Å². The van der Waals surface area contributed by atoms with Crippen molar-refractivity contribution in [3.05, 3.63) is 52.7 Å². The highest BCUT2D eigenvalue weighted by Crippen LogP contribution is 2.31. The molecule has 2 aromatic rings. The Bertz CT molecular complexity index is 748. The number of carbonyl (C=O) groups excluding carboxylic acids is 1. The molecule has 1 aromatic heterocycles. The maximum Gasteiger partial charge on any atom is 0.264 e. The van der Waals surface area contributed by atoms with E-state index in [4.69, 9.17) is 0 Å². The van der Waals surface area contributed by atoms with Crippen LogP contribution in [-0.4, -0.2) is 21.2 Å². The Balaban J connectivity index is 1.87. The van der Waals surface area contributed by atoms with Crippen LogP contribution in [0, 0.1) is 6.92 Å². The van der Waals surface area contributed by atoms with Gasteiger partial charge in [-0.25, -0.2) is 4.99 Å². The summed E-state index contributed by atoms with van der Waals surface area (Å²) in [7, 11) is 0. The Morgan fingerprint density at radius 2 is 2.19 bits per heavy atom. The summed E-state index contributed by atoms with van der Waals surface area (Å²) in [6, 6.07) is 8.90. The second-order valence-electron chi connectivity index (χ2n) is 4.60. The summed E-state index contributed by atoms with van der Waals surface area (Å²) in [5.41, 5.74) is 2.29. The number of aliphatic imine (C=N–C) groups is 1. The minimum Gasteiger partial charge on any atom is -0.506 e. The fourth-order valence-corrected chi connectivity index (χ4v) is 2.71. The number of phenols is 1. The molecule has 106 valence electrons. The highest BCUT2D eigenvalue weighted by molar-refractivity contribution is 8.18. The number of H-pyrrole nitrogens is 1. The van der Waals surface area contributed by atoms with E-state index in [-0.39, 0.29) is 11.7 Å². The Hall–Kier alpha value is -2.47. The molecular weight excluding hydrogens is 286 g/mol. The maximum absolute atomic E-state index is 11.9. The molecule has 0 saturated carbocycles. The highest BCUT2D eigenvalue weighted by atomic mass is 32.2. The van der Waals surface area contributed by atoms with Crippen molar-refractivity contribution < 1.29 is 9.90 Å². The Labute approximate surface area is 125 Å². The molecule has 0 bridgehead atoms. The molecule has 6 heteroatoms. The molecule has 0 radical (unpaired) electrons. The molecular formula is C15H13N3O2S. The van der Waals surface area contributed by atoms with Gasteiger partial charge in [0.25, 0.3) is 5.91 Å². The van der Waals surface area contributed by atoms with E-state index in [1.54, 1.807) is 30.5 Å². The third kappa shape index (κ3) is 3.00. The number of phenolic OH excluding ortho intramolecular Hbond substituents is 1. The zero-order valence-corrected chi connectivity index (χ0v) is 12.1. The van der Waals surface area contributed by atoms with E-state index in [9.17, 15) is 9.90 Å². The van der Waals surface area contributed by atoms with Gasteiger partial charge in [0.05, 0.1) is 4.91 Å². The molecule has 1 aliphatic rings. The van der Waals surface area contributed by atoms with E-state index in [2.05, 4.69) is 15.3 Å². The van der Waals surface area contributed by atoms with Gasteiger partial charge in [-0.3, -0.25) is 4.79 Å². The van der Waals surface area contributed by atoms with Crippen molar-refractivity contribution in [2.24, 2.45) is 4.99 Å². The number of amides is 1. The highest BCUT2D eigenvalue weighted by Gasteiger charge is 2.24. The predicted molar refractivity (Wildman–Crippen MR) is 84.4 cm³/mol. The predicted octanol–water partition coefficient (Wildman–Crippen LogP) is 2.92. The largest absolute Gasteiger partial charge is 0.506 e.